The van der Waals surface area contributed by atoms with E-state index in [0.29, 0.717) is 30.4 Å². The second-order valence-corrected chi connectivity index (χ2v) is 3.41. The lowest BCUT2D eigenvalue weighted by Crippen LogP contribution is -2.15. The third-order valence-electron chi connectivity index (χ3n) is 2.11. The van der Waals surface area contributed by atoms with Crippen molar-refractivity contribution in [3.63, 3.8) is 0 Å². The first-order valence-electron chi connectivity index (χ1n) is 4.96. The van der Waals surface area contributed by atoms with Crippen molar-refractivity contribution in [2.45, 2.75) is 20.0 Å². The first kappa shape index (κ1) is 11.3. The average molecular weight is 237 g/mol. The normalized spacial score (nSPS) is 10.6. The molecule has 2 aromatic heterocycles. The average Bonchev–Trinajstić information content (AvgIpc) is 2.87. The summed E-state index contributed by atoms with van der Waals surface area (Å²) in [5.41, 5.74) is 0.581. The molecular weight excluding hydrogens is 226 g/mol. The molecule has 0 aliphatic carbocycles. The molecule has 17 heavy (non-hydrogen) atoms. The maximum absolute atomic E-state index is 10.8. The first-order valence-corrected chi connectivity index (χ1v) is 4.96. The van der Waals surface area contributed by atoms with Crippen molar-refractivity contribution in [2.75, 3.05) is 0 Å². The van der Waals surface area contributed by atoms with Crippen molar-refractivity contribution < 1.29 is 18.8 Å². The number of carboxylic acid groups (broad SMARTS) is 1. The van der Waals surface area contributed by atoms with Crippen molar-refractivity contribution in [1.29, 1.82) is 0 Å². The van der Waals surface area contributed by atoms with E-state index in [4.69, 9.17) is 14.0 Å². The second kappa shape index (κ2) is 4.79. The Labute approximate surface area is 96.4 Å². The third-order valence-corrected chi connectivity index (χ3v) is 2.11. The number of nitrogens with one attached hydrogen (secondary N) is 1. The van der Waals surface area contributed by atoms with E-state index in [0.717, 1.165) is 0 Å². The van der Waals surface area contributed by atoms with Crippen molar-refractivity contribution in [3.8, 4) is 0 Å². The summed E-state index contributed by atoms with van der Waals surface area (Å²) in [7, 11) is 0. The molecule has 0 aliphatic heterocycles. The Morgan fingerprint density at radius 3 is 3.00 bits per heavy atom. The number of hydrogen-bond donors (Lipinski definition) is 2. The molecular formula is C10H11N3O4. The van der Waals surface area contributed by atoms with Crippen LogP contribution in [0.1, 0.15) is 27.8 Å². The molecule has 2 heterocycles. The zero-order valence-corrected chi connectivity index (χ0v) is 9.14. The van der Waals surface area contributed by atoms with Gasteiger partial charge in [-0.2, -0.15) is 4.98 Å². The topological polar surface area (TPSA) is 101 Å². The number of nitrogens with zero attached hydrogens (tertiary/aromatic N) is 2. The minimum atomic E-state index is -1.08. The van der Waals surface area contributed by atoms with Gasteiger partial charge in [-0.25, -0.2) is 4.79 Å². The zero-order chi connectivity index (χ0) is 12.3. The number of aromatic nitrogens is 2. The number of carbonyl (C=O) groups is 1. The van der Waals surface area contributed by atoms with Gasteiger partial charge >= 0.3 is 5.97 Å². The summed E-state index contributed by atoms with van der Waals surface area (Å²) in [5, 5.41) is 15.5. The Kier molecular flexibility index (Phi) is 3.20. The van der Waals surface area contributed by atoms with Gasteiger partial charge in [0.2, 0.25) is 11.7 Å². The quantitative estimate of drug-likeness (QED) is 0.798. The van der Waals surface area contributed by atoms with E-state index >= 15 is 0 Å². The molecule has 2 aromatic rings. The van der Waals surface area contributed by atoms with Crippen LogP contribution in [0.4, 0.5) is 0 Å². The number of aryl methyl sites for hydroxylation is 1. The molecule has 0 aromatic carbocycles. The van der Waals surface area contributed by atoms with Crippen molar-refractivity contribution in [3.05, 3.63) is 35.4 Å². The number of rotatable bonds is 5. The highest BCUT2D eigenvalue weighted by atomic mass is 16.5. The molecule has 0 aliphatic rings. The molecule has 0 amide bonds. The Bertz CT molecular complexity index is 517. The lowest BCUT2D eigenvalue weighted by Gasteiger charge is -1.99. The van der Waals surface area contributed by atoms with Crippen LogP contribution in [0.15, 0.2) is 21.3 Å². The summed E-state index contributed by atoms with van der Waals surface area (Å²) in [6.45, 7) is 2.47. The van der Waals surface area contributed by atoms with Crippen LogP contribution in [0.3, 0.4) is 0 Å². The molecule has 0 saturated heterocycles. The highest BCUT2D eigenvalue weighted by Crippen LogP contribution is 2.10. The Morgan fingerprint density at radius 1 is 1.53 bits per heavy atom. The van der Waals surface area contributed by atoms with Crippen molar-refractivity contribution >= 4 is 5.97 Å². The smallest absolute Gasteiger partial charge is 0.372 e. The fourth-order valence-corrected chi connectivity index (χ4v) is 1.38. The number of aromatic carboxylic acids is 1. The highest BCUT2D eigenvalue weighted by Gasteiger charge is 2.13. The van der Waals surface area contributed by atoms with E-state index in [1.165, 1.54) is 6.26 Å². The summed E-state index contributed by atoms with van der Waals surface area (Å²) >= 11 is 0. The Hall–Kier alpha value is -2.15. The van der Waals surface area contributed by atoms with Gasteiger partial charge < -0.3 is 19.4 Å². The summed E-state index contributed by atoms with van der Waals surface area (Å²) in [5.74, 6) is -0.108. The maximum Gasteiger partial charge on any atom is 0.372 e. The van der Waals surface area contributed by atoms with E-state index in [1.807, 2.05) is 0 Å². The lowest BCUT2D eigenvalue weighted by atomic mass is 10.2. The van der Waals surface area contributed by atoms with Gasteiger partial charge in [0.05, 0.1) is 12.8 Å². The van der Waals surface area contributed by atoms with Crippen molar-refractivity contribution in [1.82, 2.24) is 15.5 Å². The van der Waals surface area contributed by atoms with Gasteiger partial charge in [-0.1, -0.05) is 5.16 Å². The molecule has 7 heteroatoms. The molecule has 0 bridgehead atoms. The lowest BCUT2D eigenvalue weighted by molar-refractivity contribution is 0.0660. The highest BCUT2D eigenvalue weighted by molar-refractivity contribution is 5.86. The van der Waals surface area contributed by atoms with Crippen LogP contribution in [0.25, 0.3) is 0 Å². The summed E-state index contributed by atoms with van der Waals surface area (Å²) < 4.78 is 9.64. The minimum Gasteiger partial charge on any atom is -0.475 e. The Balaban J connectivity index is 1.90. The van der Waals surface area contributed by atoms with Crippen LogP contribution < -0.4 is 5.32 Å². The number of furan rings is 1. The standard InChI is InChI=1S/C10H11N3O4/c1-6-12-8(13-17-6)5-11-4-7-2-3-16-9(7)10(14)15/h2-3,11H,4-5H2,1H3,(H,14,15). The minimum absolute atomic E-state index is 0.0539. The second-order valence-electron chi connectivity index (χ2n) is 3.41. The van der Waals surface area contributed by atoms with Gasteiger partial charge in [0.25, 0.3) is 0 Å². The first-order chi connectivity index (χ1) is 8.16. The van der Waals surface area contributed by atoms with E-state index in [1.54, 1.807) is 13.0 Å². The summed E-state index contributed by atoms with van der Waals surface area (Å²) in [6.07, 6.45) is 1.35. The summed E-state index contributed by atoms with van der Waals surface area (Å²) in [6, 6.07) is 1.61. The molecule has 0 fully saturated rings. The zero-order valence-electron chi connectivity index (χ0n) is 9.14. The van der Waals surface area contributed by atoms with E-state index < -0.39 is 5.97 Å². The van der Waals surface area contributed by atoms with Crippen LogP contribution in [-0.2, 0) is 13.1 Å². The van der Waals surface area contributed by atoms with Crippen LogP contribution in [-0.4, -0.2) is 21.2 Å². The molecule has 0 radical (unpaired) electrons. The number of hydrogen-bond acceptors (Lipinski definition) is 6. The molecule has 7 nitrogen and oxygen atoms in total. The monoisotopic (exact) mass is 237 g/mol. The van der Waals surface area contributed by atoms with Gasteiger partial charge in [-0.3, -0.25) is 0 Å². The molecule has 0 saturated carbocycles. The van der Waals surface area contributed by atoms with Gasteiger partial charge in [-0.05, 0) is 6.07 Å². The van der Waals surface area contributed by atoms with Gasteiger partial charge in [0.1, 0.15) is 0 Å². The predicted molar refractivity (Wildman–Crippen MR) is 55.2 cm³/mol. The largest absolute Gasteiger partial charge is 0.475 e. The number of carboxylic acids is 1. The maximum atomic E-state index is 10.8. The van der Waals surface area contributed by atoms with Gasteiger partial charge in [0.15, 0.2) is 5.82 Å². The van der Waals surface area contributed by atoms with Gasteiger partial charge in [-0.15, -0.1) is 0 Å². The van der Waals surface area contributed by atoms with Gasteiger partial charge in [0, 0.05) is 19.0 Å². The van der Waals surface area contributed by atoms with E-state index in [9.17, 15) is 4.79 Å². The molecule has 2 rings (SSSR count). The van der Waals surface area contributed by atoms with Crippen LogP contribution in [0.2, 0.25) is 0 Å². The molecule has 2 N–H and O–H groups in total. The van der Waals surface area contributed by atoms with Crippen LogP contribution >= 0.6 is 0 Å². The molecule has 0 spiro atoms. The predicted octanol–water partition coefficient (Wildman–Crippen LogP) is 0.959. The fourth-order valence-electron chi connectivity index (χ4n) is 1.38. The summed E-state index contributed by atoms with van der Waals surface area (Å²) in [4.78, 5) is 14.8. The van der Waals surface area contributed by atoms with Crippen molar-refractivity contribution in [2.24, 2.45) is 0 Å². The third kappa shape index (κ3) is 2.70. The SMILES string of the molecule is Cc1nc(CNCc2ccoc2C(=O)O)no1. The Morgan fingerprint density at radius 2 is 2.35 bits per heavy atom. The molecule has 90 valence electrons. The van der Waals surface area contributed by atoms with Crippen LogP contribution in [0.5, 0.6) is 0 Å². The van der Waals surface area contributed by atoms with E-state index in [2.05, 4.69) is 15.5 Å². The fraction of sp³-hybridized carbons (Fsp3) is 0.300. The molecule has 0 atom stereocenters. The van der Waals surface area contributed by atoms with Crippen LogP contribution in [0, 0.1) is 6.92 Å². The molecule has 0 unspecified atom stereocenters. The van der Waals surface area contributed by atoms with E-state index in [-0.39, 0.29) is 5.76 Å².